The van der Waals surface area contributed by atoms with Crippen LogP contribution in [0.1, 0.15) is 0 Å². The maximum Gasteiger partial charge on any atom is 0.0817 e. The van der Waals surface area contributed by atoms with Gasteiger partial charge in [-0.25, -0.2) is 9.98 Å². The molecule has 2 aliphatic heterocycles. The van der Waals surface area contributed by atoms with Crippen molar-refractivity contribution in [2.75, 3.05) is 0 Å². The van der Waals surface area contributed by atoms with Crippen LogP contribution in [-0.2, 0) is 0 Å². The van der Waals surface area contributed by atoms with Crippen LogP contribution >= 0.6 is 0 Å². The van der Waals surface area contributed by atoms with Crippen LogP contribution in [0.5, 0.6) is 0 Å². The highest BCUT2D eigenvalue weighted by Crippen LogP contribution is 2.34. The first-order chi connectivity index (χ1) is 11.9. The molecule has 4 aromatic carbocycles. The Balaban J connectivity index is 1.89. The summed E-state index contributed by atoms with van der Waals surface area (Å²) in [5.41, 5.74) is 4.50. The molecule has 0 aliphatic carbocycles. The first-order valence-corrected chi connectivity index (χ1v) is 8.12. The van der Waals surface area contributed by atoms with Crippen molar-refractivity contribution in [2.24, 2.45) is 9.98 Å². The molecule has 24 heavy (non-hydrogen) atoms. The van der Waals surface area contributed by atoms with Crippen molar-refractivity contribution in [3.63, 3.8) is 0 Å². The van der Waals surface area contributed by atoms with E-state index in [4.69, 9.17) is 9.98 Å². The molecule has 2 aliphatic rings. The van der Waals surface area contributed by atoms with Gasteiger partial charge in [0, 0.05) is 27.0 Å². The second-order valence-electron chi connectivity index (χ2n) is 6.28. The zero-order valence-corrected chi connectivity index (χ0v) is 12.8. The van der Waals surface area contributed by atoms with E-state index in [2.05, 4.69) is 66.7 Å². The molecule has 0 fully saturated rings. The van der Waals surface area contributed by atoms with Gasteiger partial charge in [0.1, 0.15) is 0 Å². The molecule has 2 nitrogen and oxygen atoms in total. The molecule has 0 aromatic heterocycles. The van der Waals surface area contributed by atoms with Crippen LogP contribution in [0.15, 0.2) is 82.8 Å². The molecule has 0 bridgehead atoms. The number of para-hydroxylation sites is 1. The van der Waals surface area contributed by atoms with Gasteiger partial charge in [0.15, 0.2) is 0 Å². The van der Waals surface area contributed by atoms with E-state index in [9.17, 15) is 0 Å². The summed E-state index contributed by atoms with van der Waals surface area (Å²) >= 11 is 0. The SMILES string of the molecule is c1ccc2c(c1)N=c1c-2ccc2c1=c1ccc3ccccc3c1=N2. The third kappa shape index (κ3) is 1.41. The third-order valence-electron chi connectivity index (χ3n) is 4.98. The van der Waals surface area contributed by atoms with E-state index in [1.165, 1.54) is 32.3 Å². The number of rotatable bonds is 0. The summed E-state index contributed by atoms with van der Waals surface area (Å²) in [5.74, 6) is 0. The molecule has 2 heteroatoms. The van der Waals surface area contributed by atoms with Gasteiger partial charge in [0.25, 0.3) is 0 Å². The second-order valence-corrected chi connectivity index (χ2v) is 6.28. The predicted molar refractivity (Wildman–Crippen MR) is 95.1 cm³/mol. The second kappa shape index (κ2) is 4.18. The molecule has 0 unspecified atom stereocenters. The quantitative estimate of drug-likeness (QED) is 0.399. The van der Waals surface area contributed by atoms with Crippen molar-refractivity contribution < 1.29 is 0 Å². The summed E-state index contributed by atoms with van der Waals surface area (Å²) in [6.07, 6.45) is 0. The molecule has 0 saturated heterocycles. The van der Waals surface area contributed by atoms with Crippen LogP contribution in [0.2, 0.25) is 0 Å². The van der Waals surface area contributed by atoms with Crippen LogP contribution in [-0.4, -0.2) is 0 Å². The normalized spacial score (nSPS) is 12.8. The number of hydrogen-bond acceptors (Lipinski definition) is 2. The lowest BCUT2D eigenvalue weighted by atomic mass is 10.0. The van der Waals surface area contributed by atoms with Crippen molar-refractivity contribution >= 4 is 22.1 Å². The Morgan fingerprint density at radius 1 is 0.542 bits per heavy atom. The van der Waals surface area contributed by atoms with Crippen molar-refractivity contribution in [1.82, 2.24) is 0 Å². The molecule has 0 N–H and O–H groups in total. The Morgan fingerprint density at radius 3 is 2.38 bits per heavy atom. The smallest absolute Gasteiger partial charge is 0.0817 e. The standard InChI is InChI=1S/C22H12N2/c1-2-6-14-13(5-1)9-10-17-20-19(24-21(14)17)12-11-16-15-7-3-4-8-18(15)23-22(16)20/h1-12H. The Kier molecular flexibility index (Phi) is 2.12. The van der Waals surface area contributed by atoms with Gasteiger partial charge in [-0.15, -0.1) is 0 Å². The maximum atomic E-state index is 4.92. The van der Waals surface area contributed by atoms with Gasteiger partial charge in [-0.05, 0) is 23.6 Å². The first-order valence-electron chi connectivity index (χ1n) is 8.12. The predicted octanol–water partition coefficient (Wildman–Crippen LogP) is 4.32. The number of fused-ring (bicyclic) bond motifs is 8. The van der Waals surface area contributed by atoms with Gasteiger partial charge in [0.05, 0.1) is 22.1 Å². The molecular weight excluding hydrogens is 292 g/mol. The molecule has 0 saturated carbocycles. The Labute approximate surface area is 137 Å². The van der Waals surface area contributed by atoms with Gasteiger partial charge in [-0.3, -0.25) is 0 Å². The monoisotopic (exact) mass is 304 g/mol. The molecule has 4 aromatic rings. The summed E-state index contributed by atoms with van der Waals surface area (Å²) in [7, 11) is 0. The minimum absolute atomic E-state index is 1.02. The van der Waals surface area contributed by atoms with Crippen molar-refractivity contribution in [2.45, 2.75) is 0 Å². The molecule has 0 atom stereocenters. The van der Waals surface area contributed by atoms with Crippen molar-refractivity contribution in [1.29, 1.82) is 0 Å². The fourth-order valence-electron chi connectivity index (χ4n) is 3.89. The average molecular weight is 304 g/mol. The lowest BCUT2D eigenvalue weighted by Crippen LogP contribution is -2.06. The summed E-state index contributed by atoms with van der Waals surface area (Å²) in [6, 6.07) is 25.4. The fraction of sp³-hybridized carbons (Fsp3) is 0. The van der Waals surface area contributed by atoms with E-state index in [1.807, 2.05) is 6.07 Å². The summed E-state index contributed by atoms with van der Waals surface area (Å²) in [6.45, 7) is 0. The molecule has 110 valence electrons. The van der Waals surface area contributed by atoms with Gasteiger partial charge < -0.3 is 0 Å². The zero-order valence-electron chi connectivity index (χ0n) is 12.8. The van der Waals surface area contributed by atoms with Crippen LogP contribution in [0.3, 0.4) is 0 Å². The molecule has 0 amide bonds. The van der Waals surface area contributed by atoms with Crippen molar-refractivity contribution in [3.8, 4) is 11.1 Å². The minimum atomic E-state index is 1.02. The van der Waals surface area contributed by atoms with E-state index in [-0.39, 0.29) is 0 Å². The Bertz CT molecular complexity index is 1400. The minimum Gasteiger partial charge on any atom is -0.247 e. The topological polar surface area (TPSA) is 24.7 Å². The summed E-state index contributed by atoms with van der Waals surface area (Å²) in [4.78, 5) is 9.83. The summed E-state index contributed by atoms with van der Waals surface area (Å²) < 4.78 is 0. The highest BCUT2D eigenvalue weighted by atomic mass is 14.8. The van der Waals surface area contributed by atoms with E-state index in [1.54, 1.807) is 0 Å². The van der Waals surface area contributed by atoms with Gasteiger partial charge in [-0.1, -0.05) is 54.6 Å². The molecular formula is C22H12N2. The Morgan fingerprint density at radius 2 is 1.38 bits per heavy atom. The third-order valence-corrected chi connectivity index (χ3v) is 4.98. The van der Waals surface area contributed by atoms with Crippen LogP contribution in [0.4, 0.5) is 11.4 Å². The van der Waals surface area contributed by atoms with Gasteiger partial charge in [-0.2, -0.15) is 0 Å². The lowest BCUT2D eigenvalue weighted by molar-refractivity contribution is 1.35. The fourth-order valence-corrected chi connectivity index (χ4v) is 3.89. The number of hydrogen-bond donors (Lipinski definition) is 0. The summed E-state index contributed by atoms with van der Waals surface area (Å²) in [5, 5.41) is 6.93. The lowest BCUT2D eigenvalue weighted by Gasteiger charge is -1.98. The average Bonchev–Trinajstić information content (AvgIpc) is 3.19. The van der Waals surface area contributed by atoms with Gasteiger partial charge >= 0.3 is 0 Å². The van der Waals surface area contributed by atoms with Crippen LogP contribution in [0.25, 0.3) is 21.9 Å². The van der Waals surface area contributed by atoms with E-state index in [0.717, 1.165) is 22.1 Å². The molecule has 2 heterocycles. The van der Waals surface area contributed by atoms with E-state index < -0.39 is 0 Å². The van der Waals surface area contributed by atoms with Crippen molar-refractivity contribution in [3.05, 3.63) is 93.9 Å². The van der Waals surface area contributed by atoms with E-state index >= 15 is 0 Å². The number of nitrogens with zero attached hydrogens (tertiary/aromatic N) is 2. The molecule has 0 spiro atoms. The van der Waals surface area contributed by atoms with Crippen LogP contribution in [0, 0.1) is 10.4 Å². The molecule has 6 rings (SSSR count). The maximum absolute atomic E-state index is 4.92. The van der Waals surface area contributed by atoms with Gasteiger partial charge in [0.2, 0.25) is 0 Å². The van der Waals surface area contributed by atoms with E-state index in [0.29, 0.717) is 0 Å². The van der Waals surface area contributed by atoms with Crippen LogP contribution < -0.4 is 10.7 Å². The number of benzene rings is 4. The highest BCUT2D eigenvalue weighted by molar-refractivity contribution is 5.84. The Hall–Kier alpha value is -3.26. The zero-order chi connectivity index (χ0) is 15.7. The highest BCUT2D eigenvalue weighted by Gasteiger charge is 2.17. The first kappa shape index (κ1) is 12.2. The molecule has 0 radical (unpaired) electrons. The largest absolute Gasteiger partial charge is 0.247 e.